The Morgan fingerprint density at radius 3 is 3.00 bits per heavy atom. The smallest absolute Gasteiger partial charge is 0.104 e. The quantitative estimate of drug-likeness (QED) is 0.802. The first-order valence-electron chi connectivity index (χ1n) is 4.21. The summed E-state index contributed by atoms with van der Waals surface area (Å²) in [5, 5.41) is 12.4. The van der Waals surface area contributed by atoms with Crippen LogP contribution in [0.25, 0.3) is 0 Å². The van der Waals surface area contributed by atoms with E-state index in [1.165, 1.54) is 0 Å². The van der Waals surface area contributed by atoms with Crippen molar-refractivity contribution in [2.75, 3.05) is 12.8 Å². The first-order chi connectivity index (χ1) is 6.76. The van der Waals surface area contributed by atoms with Crippen LogP contribution in [0.2, 0.25) is 5.02 Å². The van der Waals surface area contributed by atoms with Gasteiger partial charge in [-0.15, -0.1) is 11.8 Å². The van der Waals surface area contributed by atoms with Crippen LogP contribution >= 0.6 is 23.4 Å². The Balaban J connectivity index is 2.50. The predicted molar refractivity (Wildman–Crippen MR) is 60.6 cm³/mol. The number of thioether (sulfide) groups is 1. The minimum atomic E-state index is -0.112. The summed E-state index contributed by atoms with van der Waals surface area (Å²) in [6, 6.07) is 9.69. The minimum Gasteiger partial charge on any atom is -0.304 e. The van der Waals surface area contributed by atoms with Crippen LogP contribution in [0.15, 0.2) is 29.2 Å². The molecule has 0 fully saturated rings. The zero-order chi connectivity index (χ0) is 10.4. The molecule has 0 aliphatic heterocycles. The molecule has 1 atom stereocenters. The van der Waals surface area contributed by atoms with Gasteiger partial charge in [-0.05, 0) is 25.2 Å². The topological polar surface area (TPSA) is 35.8 Å². The molecular weight excluding hydrogens is 216 g/mol. The predicted octanol–water partition coefficient (Wildman–Crippen LogP) is 2.54. The van der Waals surface area contributed by atoms with Gasteiger partial charge in [-0.1, -0.05) is 17.7 Å². The lowest BCUT2D eigenvalue weighted by Crippen LogP contribution is -2.25. The molecule has 0 aromatic heterocycles. The molecule has 0 saturated carbocycles. The van der Waals surface area contributed by atoms with Crippen LogP contribution in [0, 0.1) is 11.3 Å². The summed E-state index contributed by atoms with van der Waals surface area (Å²) >= 11 is 7.46. The van der Waals surface area contributed by atoms with E-state index in [2.05, 4.69) is 11.4 Å². The van der Waals surface area contributed by atoms with Crippen molar-refractivity contribution in [2.24, 2.45) is 0 Å². The highest BCUT2D eigenvalue weighted by molar-refractivity contribution is 7.99. The molecule has 0 aliphatic rings. The minimum absolute atomic E-state index is 0.112. The summed E-state index contributed by atoms with van der Waals surface area (Å²) in [5.41, 5.74) is 0. The Kier molecular flexibility index (Phi) is 4.81. The Morgan fingerprint density at radius 1 is 1.64 bits per heavy atom. The first-order valence-corrected chi connectivity index (χ1v) is 5.58. The zero-order valence-corrected chi connectivity index (χ0v) is 9.40. The maximum atomic E-state index is 8.71. The van der Waals surface area contributed by atoms with Crippen molar-refractivity contribution in [1.82, 2.24) is 5.32 Å². The third-order valence-electron chi connectivity index (χ3n) is 1.72. The van der Waals surface area contributed by atoms with Gasteiger partial charge in [0.1, 0.15) is 6.04 Å². The Morgan fingerprint density at radius 2 is 2.43 bits per heavy atom. The van der Waals surface area contributed by atoms with Gasteiger partial charge in [-0.2, -0.15) is 5.26 Å². The van der Waals surface area contributed by atoms with E-state index in [-0.39, 0.29) is 6.04 Å². The number of hydrogen-bond donors (Lipinski definition) is 1. The van der Waals surface area contributed by atoms with Gasteiger partial charge in [0.2, 0.25) is 0 Å². The number of hydrogen-bond acceptors (Lipinski definition) is 3. The summed E-state index contributed by atoms with van der Waals surface area (Å²) < 4.78 is 0. The van der Waals surface area contributed by atoms with Gasteiger partial charge >= 0.3 is 0 Å². The molecule has 0 bridgehead atoms. The summed E-state index contributed by atoms with van der Waals surface area (Å²) in [7, 11) is 1.78. The van der Waals surface area contributed by atoms with Crippen LogP contribution in [0.3, 0.4) is 0 Å². The van der Waals surface area contributed by atoms with E-state index in [1.54, 1.807) is 18.8 Å². The van der Waals surface area contributed by atoms with Gasteiger partial charge in [0.05, 0.1) is 6.07 Å². The average Bonchev–Trinajstić information content (AvgIpc) is 2.19. The van der Waals surface area contributed by atoms with Crippen molar-refractivity contribution in [3.05, 3.63) is 29.3 Å². The fraction of sp³-hybridized carbons (Fsp3) is 0.300. The summed E-state index contributed by atoms with van der Waals surface area (Å²) in [6.07, 6.45) is 0. The number of rotatable bonds is 4. The molecule has 1 unspecified atom stereocenters. The molecule has 1 aromatic carbocycles. The molecule has 0 saturated heterocycles. The molecule has 0 heterocycles. The van der Waals surface area contributed by atoms with Crippen LogP contribution in [0.5, 0.6) is 0 Å². The molecule has 1 rings (SSSR count). The SMILES string of the molecule is CNC(C#N)CSc1cccc(Cl)c1. The molecule has 2 nitrogen and oxygen atoms in total. The highest BCUT2D eigenvalue weighted by atomic mass is 35.5. The third kappa shape index (κ3) is 3.59. The van der Waals surface area contributed by atoms with Crippen LogP contribution in [-0.4, -0.2) is 18.8 Å². The molecule has 0 spiro atoms. The summed E-state index contributed by atoms with van der Waals surface area (Å²) in [5.74, 6) is 0.730. The monoisotopic (exact) mass is 226 g/mol. The van der Waals surface area contributed by atoms with Crippen molar-refractivity contribution < 1.29 is 0 Å². The number of nitriles is 1. The van der Waals surface area contributed by atoms with E-state index >= 15 is 0 Å². The van der Waals surface area contributed by atoms with Gasteiger partial charge in [-0.3, -0.25) is 0 Å². The highest BCUT2D eigenvalue weighted by Crippen LogP contribution is 2.21. The molecule has 74 valence electrons. The lowest BCUT2D eigenvalue weighted by atomic mass is 10.4. The van der Waals surface area contributed by atoms with Crippen LogP contribution in [-0.2, 0) is 0 Å². The van der Waals surface area contributed by atoms with Gasteiger partial charge in [-0.25, -0.2) is 0 Å². The van der Waals surface area contributed by atoms with Crippen molar-refractivity contribution in [2.45, 2.75) is 10.9 Å². The first kappa shape index (κ1) is 11.4. The van der Waals surface area contributed by atoms with E-state index in [4.69, 9.17) is 16.9 Å². The zero-order valence-electron chi connectivity index (χ0n) is 7.83. The third-order valence-corrected chi connectivity index (χ3v) is 3.04. The Labute approximate surface area is 93.3 Å². The van der Waals surface area contributed by atoms with Crippen LogP contribution < -0.4 is 5.32 Å². The largest absolute Gasteiger partial charge is 0.304 e. The number of halogens is 1. The van der Waals surface area contributed by atoms with E-state index in [0.29, 0.717) is 0 Å². The molecule has 1 aromatic rings. The second-order valence-electron chi connectivity index (χ2n) is 2.74. The molecule has 1 N–H and O–H groups in total. The summed E-state index contributed by atoms with van der Waals surface area (Å²) in [4.78, 5) is 1.09. The fourth-order valence-corrected chi connectivity index (χ4v) is 2.16. The second-order valence-corrected chi connectivity index (χ2v) is 4.27. The summed E-state index contributed by atoms with van der Waals surface area (Å²) in [6.45, 7) is 0. The lowest BCUT2D eigenvalue weighted by molar-refractivity contribution is 0.750. The normalized spacial score (nSPS) is 12.1. The van der Waals surface area contributed by atoms with Crippen molar-refractivity contribution >= 4 is 23.4 Å². The van der Waals surface area contributed by atoms with E-state index in [9.17, 15) is 0 Å². The van der Waals surface area contributed by atoms with Gasteiger partial charge in [0.15, 0.2) is 0 Å². The van der Waals surface area contributed by atoms with Crippen LogP contribution in [0.1, 0.15) is 0 Å². The van der Waals surface area contributed by atoms with Gasteiger partial charge < -0.3 is 5.32 Å². The Hall–Kier alpha value is -0.690. The molecule has 0 aliphatic carbocycles. The number of nitrogens with one attached hydrogen (secondary N) is 1. The van der Waals surface area contributed by atoms with Gasteiger partial charge in [0.25, 0.3) is 0 Å². The Bertz CT molecular complexity index is 335. The van der Waals surface area contributed by atoms with Gasteiger partial charge in [0, 0.05) is 15.7 Å². The molecular formula is C10H11ClN2S. The number of benzene rings is 1. The average molecular weight is 227 g/mol. The molecule has 0 amide bonds. The van der Waals surface area contributed by atoms with Crippen LogP contribution in [0.4, 0.5) is 0 Å². The number of nitrogens with zero attached hydrogens (tertiary/aromatic N) is 1. The fourth-order valence-electron chi connectivity index (χ4n) is 0.921. The molecule has 0 radical (unpaired) electrons. The van der Waals surface area contributed by atoms with E-state index in [1.807, 2.05) is 24.3 Å². The molecule has 4 heteroatoms. The maximum absolute atomic E-state index is 8.71. The maximum Gasteiger partial charge on any atom is 0.104 e. The van der Waals surface area contributed by atoms with E-state index in [0.717, 1.165) is 15.7 Å². The van der Waals surface area contributed by atoms with E-state index < -0.39 is 0 Å². The van der Waals surface area contributed by atoms with Crippen molar-refractivity contribution in [1.29, 1.82) is 5.26 Å². The highest BCUT2D eigenvalue weighted by Gasteiger charge is 2.04. The van der Waals surface area contributed by atoms with Crippen molar-refractivity contribution in [3.63, 3.8) is 0 Å². The molecule has 14 heavy (non-hydrogen) atoms. The standard InChI is InChI=1S/C10H11ClN2S/c1-13-9(6-12)7-14-10-4-2-3-8(11)5-10/h2-5,9,13H,7H2,1H3. The second kappa shape index (κ2) is 5.92. The lowest BCUT2D eigenvalue weighted by Gasteiger charge is -2.06. The van der Waals surface area contributed by atoms with Crippen molar-refractivity contribution in [3.8, 4) is 6.07 Å².